The first-order valence-corrected chi connectivity index (χ1v) is 14.6. The Bertz CT molecular complexity index is 1610. The van der Waals surface area contributed by atoms with E-state index in [4.69, 9.17) is 26.1 Å². The van der Waals surface area contributed by atoms with Gasteiger partial charge in [-0.1, -0.05) is 36.6 Å². The van der Waals surface area contributed by atoms with Crippen LogP contribution in [0.25, 0.3) is 23.0 Å². The van der Waals surface area contributed by atoms with Crippen LogP contribution in [0.2, 0.25) is 5.02 Å². The highest BCUT2D eigenvalue weighted by molar-refractivity contribution is 6.30. The molecule has 5 rings (SSSR count). The molecular formula is C30H34ClN9O4. The van der Waals surface area contributed by atoms with E-state index >= 15 is 0 Å². The highest BCUT2D eigenvalue weighted by atomic mass is 35.5. The Morgan fingerprint density at radius 3 is 2.80 bits per heavy atom. The van der Waals surface area contributed by atoms with E-state index < -0.39 is 12.1 Å². The molecule has 14 heteroatoms. The van der Waals surface area contributed by atoms with Crippen molar-refractivity contribution in [3.63, 3.8) is 0 Å². The van der Waals surface area contributed by atoms with E-state index in [9.17, 15) is 9.59 Å². The summed E-state index contributed by atoms with van der Waals surface area (Å²) in [5.41, 5.74) is 4.49. The number of carbonyl (C=O) groups excluding carboxylic acids is 2. The van der Waals surface area contributed by atoms with Gasteiger partial charge in [-0.15, -0.1) is 5.10 Å². The summed E-state index contributed by atoms with van der Waals surface area (Å²) in [5, 5.41) is 21.7. The fraction of sp³-hybridized carbons (Fsp3) is 0.333. The lowest BCUT2D eigenvalue weighted by molar-refractivity contribution is -0.141. The molecule has 44 heavy (non-hydrogen) atoms. The summed E-state index contributed by atoms with van der Waals surface area (Å²) < 4.78 is 11.4. The maximum absolute atomic E-state index is 12.7. The van der Waals surface area contributed by atoms with Crippen LogP contribution in [0.5, 0.6) is 0 Å². The molecule has 0 spiro atoms. The second-order valence-corrected chi connectivity index (χ2v) is 10.7. The number of carbonyl (C=O) groups is 2. The second-order valence-electron chi connectivity index (χ2n) is 10.2. The van der Waals surface area contributed by atoms with Crippen molar-refractivity contribution in [3.8, 4) is 16.9 Å². The monoisotopic (exact) mass is 619 g/mol. The Labute approximate surface area is 259 Å². The number of imidazole rings is 1. The number of hydrogen-bond acceptors (Lipinski definition) is 10. The predicted molar refractivity (Wildman–Crippen MR) is 167 cm³/mol. The molecule has 2 atom stereocenters. The van der Waals surface area contributed by atoms with Gasteiger partial charge in [0.1, 0.15) is 18.2 Å². The number of nitrogens with zero attached hydrogens (tertiary/aromatic N) is 5. The average Bonchev–Trinajstić information content (AvgIpc) is 3.74. The van der Waals surface area contributed by atoms with Crippen molar-refractivity contribution < 1.29 is 19.1 Å². The number of H-pyrrole nitrogens is 1. The van der Waals surface area contributed by atoms with Crippen molar-refractivity contribution in [1.29, 1.82) is 0 Å². The zero-order valence-corrected chi connectivity index (χ0v) is 25.2. The minimum atomic E-state index is -0.587. The minimum Gasteiger partial charge on any atom is -0.467 e. The molecule has 0 radical (unpaired) electrons. The lowest BCUT2D eigenvalue weighted by atomic mass is 10.0. The number of hydrogen-bond donors (Lipinski definition) is 4. The maximum atomic E-state index is 12.7. The fourth-order valence-corrected chi connectivity index (χ4v) is 5.28. The number of anilines is 2. The normalized spacial score (nSPS) is 16.7. The zero-order chi connectivity index (χ0) is 30.9. The minimum absolute atomic E-state index is 0.0206. The molecular weight excluding hydrogens is 586 g/mol. The summed E-state index contributed by atoms with van der Waals surface area (Å²) >= 11 is 6.25. The van der Waals surface area contributed by atoms with E-state index in [1.54, 1.807) is 35.4 Å². The Morgan fingerprint density at radius 1 is 1.14 bits per heavy atom. The van der Waals surface area contributed by atoms with Gasteiger partial charge in [0.25, 0.3) is 0 Å². The highest BCUT2D eigenvalue weighted by Gasteiger charge is 2.24. The van der Waals surface area contributed by atoms with Gasteiger partial charge in [0.15, 0.2) is 0 Å². The van der Waals surface area contributed by atoms with Crippen LogP contribution >= 0.6 is 11.6 Å². The van der Waals surface area contributed by atoms with Gasteiger partial charge < -0.3 is 25.1 Å². The summed E-state index contributed by atoms with van der Waals surface area (Å²) in [6.07, 6.45) is 10.7. The average molecular weight is 620 g/mol. The number of rotatable bonds is 8. The number of esters is 1. The molecule has 2 bridgehead atoms. The number of tetrazole rings is 1. The maximum Gasteiger partial charge on any atom is 0.411 e. The molecule has 4 aromatic rings. The Kier molecular flexibility index (Phi) is 10.2. The van der Waals surface area contributed by atoms with Crippen molar-refractivity contribution in [1.82, 2.24) is 35.5 Å². The van der Waals surface area contributed by atoms with Crippen LogP contribution in [-0.4, -0.2) is 69.0 Å². The summed E-state index contributed by atoms with van der Waals surface area (Å²) in [7, 11) is 2.68. The Balaban J connectivity index is 1.32. The Hall–Kier alpha value is -4.75. The SMILES string of the molecule is COC(=O)Nc1ccc2c(c1)N[C@@H](C(=O)OC)CCCC[C@H](NCC/C=C/c1cc(Cl)ccc1-n1cnnn1)c1ncc-2[nH]1. The van der Waals surface area contributed by atoms with Gasteiger partial charge in [-0.05, 0) is 72.6 Å². The zero-order valence-electron chi connectivity index (χ0n) is 24.4. The number of fused-ring (bicyclic) bond motifs is 4. The van der Waals surface area contributed by atoms with E-state index in [1.807, 2.05) is 24.3 Å². The van der Waals surface area contributed by atoms with Gasteiger partial charge in [-0.25, -0.2) is 14.6 Å². The van der Waals surface area contributed by atoms with Crippen LogP contribution < -0.4 is 16.0 Å². The van der Waals surface area contributed by atoms with Gasteiger partial charge >= 0.3 is 12.1 Å². The van der Waals surface area contributed by atoms with E-state index in [0.29, 0.717) is 29.4 Å². The molecule has 3 heterocycles. The molecule has 4 N–H and O–H groups in total. The number of nitrogens with one attached hydrogen (secondary N) is 4. The van der Waals surface area contributed by atoms with Crippen molar-refractivity contribution in [2.45, 2.75) is 44.2 Å². The number of aromatic nitrogens is 6. The van der Waals surface area contributed by atoms with Gasteiger partial charge in [-0.2, -0.15) is 4.68 Å². The number of ether oxygens (including phenoxy) is 2. The molecule has 1 amide bonds. The van der Waals surface area contributed by atoms with Crippen LogP contribution in [0, 0.1) is 0 Å². The molecule has 0 aliphatic carbocycles. The number of amides is 1. The van der Waals surface area contributed by atoms with Crippen molar-refractivity contribution in [2.24, 2.45) is 0 Å². The van der Waals surface area contributed by atoms with Crippen LogP contribution in [0.4, 0.5) is 16.2 Å². The molecule has 1 aliphatic heterocycles. The molecule has 13 nitrogen and oxygen atoms in total. The van der Waals surface area contributed by atoms with Gasteiger partial charge in [0.2, 0.25) is 0 Å². The molecule has 2 aromatic heterocycles. The largest absolute Gasteiger partial charge is 0.467 e. The first kappa shape index (κ1) is 30.7. The Morgan fingerprint density at radius 2 is 2.00 bits per heavy atom. The third-order valence-corrected chi connectivity index (χ3v) is 7.54. The van der Waals surface area contributed by atoms with Crippen LogP contribution in [0.1, 0.15) is 49.5 Å². The fourth-order valence-electron chi connectivity index (χ4n) is 5.10. The van der Waals surface area contributed by atoms with Crippen LogP contribution in [0.15, 0.2) is 55.0 Å². The molecule has 0 unspecified atom stereocenters. The van der Waals surface area contributed by atoms with E-state index in [0.717, 1.165) is 54.0 Å². The first-order chi connectivity index (χ1) is 21.4. The lowest BCUT2D eigenvalue weighted by Crippen LogP contribution is -2.31. The number of methoxy groups -OCH3 is 2. The predicted octanol–water partition coefficient (Wildman–Crippen LogP) is 5.15. The lowest BCUT2D eigenvalue weighted by Gasteiger charge is -2.22. The third kappa shape index (κ3) is 7.60. The van der Waals surface area contributed by atoms with Crippen molar-refractivity contribution in [3.05, 3.63) is 71.4 Å². The second kappa shape index (κ2) is 14.6. The van der Waals surface area contributed by atoms with Gasteiger partial charge in [-0.3, -0.25) is 5.32 Å². The van der Waals surface area contributed by atoms with Crippen molar-refractivity contribution in [2.75, 3.05) is 31.4 Å². The first-order valence-electron chi connectivity index (χ1n) is 14.3. The standard InChI is InChI=1S/C30H34ClN9O4/c1-43-29(41)24-9-4-3-8-23(32-14-6-5-7-19-15-20(31)10-13-27(19)40-18-34-38-39-40)28-33-17-26(37-28)22-12-11-21(16-25(22)36-24)35-30(42)44-2/h5,7,10-13,15-18,23-24,32,36H,3-4,6,8-9,14H2,1-2H3,(H,33,37)(H,35,42)/b7-5+/t23-,24+/m0/s1. The molecule has 0 saturated carbocycles. The van der Waals surface area contributed by atoms with E-state index in [2.05, 4.69) is 42.5 Å². The van der Waals surface area contributed by atoms with Crippen molar-refractivity contribution >= 4 is 41.1 Å². The van der Waals surface area contributed by atoms with Gasteiger partial charge in [0.05, 0.1) is 37.8 Å². The molecule has 1 aliphatic rings. The van der Waals surface area contributed by atoms with Crippen LogP contribution in [0.3, 0.4) is 0 Å². The number of aromatic amines is 1. The molecule has 230 valence electrons. The topological polar surface area (TPSA) is 161 Å². The summed E-state index contributed by atoms with van der Waals surface area (Å²) in [4.78, 5) is 32.7. The highest BCUT2D eigenvalue weighted by Crippen LogP contribution is 2.33. The summed E-state index contributed by atoms with van der Waals surface area (Å²) in [6.45, 7) is 0.712. The number of halogens is 1. The number of benzene rings is 2. The summed E-state index contributed by atoms with van der Waals surface area (Å²) in [6, 6.07) is 10.4. The van der Waals surface area contributed by atoms with E-state index in [-0.39, 0.29) is 12.0 Å². The summed E-state index contributed by atoms with van der Waals surface area (Å²) in [5.74, 6) is 0.474. The molecule has 2 aromatic carbocycles. The third-order valence-electron chi connectivity index (χ3n) is 7.30. The molecule has 0 fully saturated rings. The van der Waals surface area contributed by atoms with Crippen LogP contribution in [-0.2, 0) is 14.3 Å². The van der Waals surface area contributed by atoms with Gasteiger partial charge in [0, 0.05) is 27.5 Å². The quantitative estimate of drug-likeness (QED) is 0.153. The smallest absolute Gasteiger partial charge is 0.411 e. The molecule has 0 saturated heterocycles. The van der Waals surface area contributed by atoms with E-state index in [1.165, 1.54) is 14.2 Å².